The molecule has 0 aliphatic heterocycles. The minimum absolute atomic E-state index is 0.0386. The van der Waals surface area contributed by atoms with Crippen LogP contribution in [0.2, 0.25) is 0 Å². The first-order valence-electron chi connectivity index (χ1n) is 7.67. The van der Waals surface area contributed by atoms with Crippen molar-refractivity contribution >= 4 is 0 Å². The van der Waals surface area contributed by atoms with Crippen LogP contribution in [0.5, 0.6) is 5.75 Å². The summed E-state index contributed by atoms with van der Waals surface area (Å²) in [4.78, 5) is 0. The maximum absolute atomic E-state index is 5.96. The van der Waals surface area contributed by atoms with Gasteiger partial charge in [0.15, 0.2) is 0 Å². The molecule has 1 aromatic heterocycles. The van der Waals surface area contributed by atoms with E-state index in [1.807, 2.05) is 48.1 Å². The Balaban J connectivity index is 2.04. The number of ether oxygens (including phenoxy) is 1. The average Bonchev–Trinajstić information content (AvgIpc) is 2.95. The van der Waals surface area contributed by atoms with Gasteiger partial charge in [0.1, 0.15) is 12.4 Å². The Bertz CT molecular complexity index is 559. The molecule has 4 heteroatoms. The van der Waals surface area contributed by atoms with Gasteiger partial charge in [-0.3, -0.25) is 4.68 Å². The standard InChI is InChI=1S/C17H25N3O/c1-4-15(5-2)20-11-10-14(19-20)12-21-17-9-7-6-8-16(17)13(3)18/h6-11,13,15H,4-5,12,18H2,1-3H3/t13-/m1/s1. The van der Waals surface area contributed by atoms with E-state index in [1.54, 1.807) is 0 Å². The topological polar surface area (TPSA) is 53.1 Å². The van der Waals surface area contributed by atoms with E-state index in [9.17, 15) is 0 Å². The number of benzene rings is 1. The maximum Gasteiger partial charge on any atom is 0.132 e. The molecule has 0 spiro atoms. The molecule has 0 fully saturated rings. The molecule has 21 heavy (non-hydrogen) atoms. The Labute approximate surface area is 126 Å². The lowest BCUT2D eigenvalue weighted by Crippen LogP contribution is -2.10. The summed E-state index contributed by atoms with van der Waals surface area (Å²) in [7, 11) is 0. The van der Waals surface area contributed by atoms with Crippen molar-refractivity contribution < 1.29 is 4.74 Å². The third-order valence-electron chi connectivity index (χ3n) is 3.77. The van der Waals surface area contributed by atoms with Gasteiger partial charge in [0.25, 0.3) is 0 Å². The van der Waals surface area contributed by atoms with Gasteiger partial charge < -0.3 is 10.5 Å². The van der Waals surface area contributed by atoms with Crippen LogP contribution < -0.4 is 10.5 Å². The second kappa shape index (κ2) is 7.27. The van der Waals surface area contributed by atoms with E-state index >= 15 is 0 Å². The van der Waals surface area contributed by atoms with Gasteiger partial charge in [-0.15, -0.1) is 0 Å². The zero-order valence-corrected chi connectivity index (χ0v) is 13.1. The van der Waals surface area contributed by atoms with E-state index in [-0.39, 0.29) is 6.04 Å². The summed E-state index contributed by atoms with van der Waals surface area (Å²) >= 11 is 0. The first kappa shape index (κ1) is 15.6. The molecule has 1 heterocycles. The largest absolute Gasteiger partial charge is 0.487 e. The van der Waals surface area contributed by atoms with Crippen LogP contribution in [-0.4, -0.2) is 9.78 Å². The average molecular weight is 287 g/mol. The normalized spacial score (nSPS) is 12.6. The molecule has 1 atom stereocenters. The van der Waals surface area contributed by atoms with Gasteiger partial charge in [-0.2, -0.15) is 5.10 Å². The Morgan fingerprint density at radius 3 is 2.57 bits per heavy atom. The predicted molar refractivity (Wildman–Crippen MR) is 85.2 cm³/mol. The highest BCUT2D eigenvalue weighted by atomic mass is 16.5. The molecule has 114 valence electrons. The molecule has 0 unspecified atom stereocenters. The molecule has 0 aliphatic rings. The highest BCUT2D eigenvalue weighted by molar-refractivity contribution is 5.35. The van der Waals surface area contributed by atoms with E-state index < -0.39 is 0 Å². The van der Waals surface area contributed by atoms with E-state index in [1.165, 1.54) is 0 Å². The molecule has 1 aromatic carbocycles. The number of hydrogen-bond donors (Lipinski definition) is 1. The molecule has 0 saturated heterocycles. The van der Waals surface area contributed by atoms with Crippen molar-refractivity contribution in [3.8, 4) is 5.75 Å². The fraction of sp³-hybridized carbons (Fsp3) is 0.471. The van der Waals surface area contributed by atoms with Gasteiger partial charge >= 0.3 is 0 Å². The highest BCUT2D eigenvalue weighted by Crippen LogP contribution is 2.24. The zero-order chi connectivity index (χ0) is 15.2. The number of rotatable bonds is 7. The molecular weight excluding hydrogens is 262 g/mol. The van der Waals surface area contributed by atoms with Gasteiger partial charge in [0.05, 0.1) is 11.7 Å². The van der Waals surface area contributed by atoms with Crippen LogP contribution in [0.4, 0.5) is 0 Å². The van der Waals surface area contributed by atoms with Crippen molar-refractivity contribution in [3.63, 3.8) is 0 Å². The maximum atomic E-state index is 5.96. The van der Waals surface area contributed by atoms with E-state index in [0.717, 1.165) is 29.8 Å². The molecule has 0 bridgehead atoms. The smallest absolute Gasteiger partial charge is 0.132 e. The summed E-state index contributed by atoms with van der Waals surface area (Å²) in [5, 5.41) is 4.60. The van der Waals surface area contributed by atoms with Gasteiger partial charge in [0, 0.05) is 17.8 Å². The van der Waals surface area contributed by atoms with Gasteiger partial charge in [-0.25, -0.2) is 0 Å². The van der Waals surface area contributed by atoms with Crippen LogP contribution in [0.1, 0.15) is 57.0 Å². The van der Waals surface area contributed by atoms with Crippen molar-refractivity contribution in [2.45, 2.75) is 52.3 Å². The summed E-state index contributed by atoms with van der Waals surface area (Å²) in [6.07, 6.45) is 4.21. The lowest BCUT2D eigenvalue weighted by Gasteiger charge is -2.14. The Hall–Kier alpha value is -1.81. The van der Waals surface area contributed by atoms with Crippen LogP contribution >= 0.6 is 0 Å². The molecule has 0 amide bonds. The third kappa shape index (κ3) is 3.85. The monoisotopic (exact) mass is 287 g/mol. The number of nitrogens with zero attached hydrogens (tertiary/aromatic N) is 2. The number of para-hydroxylation sites is 1. The lowest BCUT2D eigenvalue weighted by atomic mass is 10.1. The summed E-state index contributed by atoms with van der Waals surface area (Å²) in [6.45, 7) is 6.80. The molecule has 0 radical (unpaired) electrons. The van der Waals surface area contributed by atoms with Gasteiger partial charge in [0.2, 0.25) is 0 Å². The van der Waals surface area contributed by atoms with Crippen molar-refractivity contribution in [3.05, 3.63) is 47.8 Å². The summed E-state index contributed by atoms with van der Waals surface area (Å²) < 4.78 is 7.93. The van der Waals surface area contributed by atoms with Crippen molar-refractivity contribution in [1.29, 1.82) is 0 Å². The van der Waals surface area contributed by atoms with Crippen LogP contribution in [0.15, 0.2) is 36.5 Å². The first-order valence-corrected chi connectivity index (χ1v) is 7.67. The van der Waals surface area contributed by atoms with Crippen LogP contribution in [0.25, 0.3) is 0 Å². The quantitative estimate of drug-likeness (QED) is 0.841. The van der Waals surface area contributed by atoms with Crippen molar-refractivity contribution in [2.75, 3.05) is 0 Å². The van der Waals surface area contributed by atoms with Gasteiger partial charge in [-0.1, -0.05) is 32.0 Å². The highest BCUT2D eigenvalue weighted by Gasteiger charge is 2.10. The fourth-order valence-corrected chi connectivity index (χ4v) is 2.46. The summed E-state index contributed by atoms with van der Waals surface area (Å²) in [6, 6.07) is 10.3. The Morgan fingerprint density at radius 2 is 1.90 bits per heavy atom. The van der Waals surface area contributed by atoms with Crippen molar-refractivity contribution in [1.82, 2.24) is 9.78 Å². The van der Waals surface area contributed by atoms with Crippen LogP contribution in [-0.2, 0) is 6.61 Å². The van der Waals surface area contributed by atoms with Crippen molar-refractivity contribution in [2.24, 2.45) is 5.73 Å². The van der Waals surface area contributed by atoms with Crippen LogP contribution in [0, 0.1) is 0 Å². The van der Waals surface area contributed by atoms with Gasteiger partial charge in [-0.05, 0) is 31.9 Å². The summed E-state index contributed by atoms with van der Waals surface area (Å²) in [5.41, 5.74) is 7.93. The lowest BCUT2D eigenvalue weighted by molar-refractivity contribution is 0.293. The molecule has 2 rings (SSSR count). The minimum Gasteiger partial charge on any atom is -0.487 e. The Kier molecular flexibility index (Phi) is 5.39. The second-order valence-corrected chi connectivity index (χ2v) is 5.37. The van der Waals surface area contributed by atoms with E-state index in [4.69, 9.17) is 10.5 Å². The molecule has 4 nitrogen and oxygen atoms in total. The fourth-order valence-electron chi connectivity index (χ4n) is 2.46. The SMILES string of the molecule is CCC(CC)n1ccc(COc2ccccc2[C@@H](C)N)n1. The molecular formula is C17H25N3O. The molecule has 2 aromatic rings. The third-order valence-corrected chi connectivity index (χ3v) is 3.77. The minimum atomic E-state index is -0.0386. The predicted octanol–water partition coefficient (Wildman–Crippen LogP) is 3.84. The molecule has 0 aliphatic carbocycles. The molecule has 0 saturated carbocycles. The van der Waals surface area contributed by atoms with E-state index in [0.29, 0.717) is 12.6 Å². The first-order chi connectivity index (χ1) is 10.2. The molecule has 2 N–H and O–H groups in total. The summed E-state index contributed by atoms with van der Waals surface area (Å²) in [5.74, 6) is 0.838. The number of hydrogen-bond acceptors (Lipinski definition) is 3. The number of aromatic nitrogens is 2. The van der Waals surface area contributed by atoms with E-state index in [2.05, 4.69) is 18.9 Å². The zero-order valence-electron chi connectivity index (χ0n) is 13.1. The second-order valence-electron chi connectivity index (χ2n) is 5.37. The Morgan fingerprint density at radius 1 is 1.19 bits per heavy atom. The number of nitrogens with two attached hydrogens (primary N) is 1. The van der Waals surface area contributed by atoms with Crippen LogP contribution in [0.3, 0.4) is 0 Å².